The Balaban J connectivity index is 3.08. The lowest BCUT2D eigenvalue weighted by Crippen LogP contribution is -2.25. The first-order valence-electron chi connectivity index (χ1n) is 7.66. The van der Waals surface area contributed by atoms with Crippen molar-refractivity contribution in [2.45, 2.75) is 53.4 Å². The molecule has 0 spiro atoms. The molecule has 2 N–H and O–H groups in total. The van der Waals surface area contributed by atoms with Gasteiger partial charge in [0, 0.05) is 11.0 Å². The van der Waals surface area contributed by atoms with Crippen LogP contribution in [-0.2, 0) is 14.9 Å². The van der Waals surface area contributed by atoms with E-state index in [1.807, 2.05) is 47.6 Å². The van der Waals surface area contributed by atoms with Crippen molar-refractivity contribution >= 4 is 14.6 Å². The van der Waals surface area contributed by atoms with Crippen molar-refractivity contribution in [2.75, 3.05) is 6.61 Å². The molecule has 0 saturated heterocycles. The summed E-state index contributed by atoms with van der Waals surface area (Å²) >= 11 is 0. The molecule has 1 aromatic rings. The molecule has 5 nitrogen and oxygen atoms in total. The number of carbonyl (C=O) groups is 1. The first kappa shape index (κ1) is 19.9. The zero-order chi connectivity index (χ0) is 17.8. The van der Waals surface area contributed by atoms with Crippen molar-refractivity contribution in [1.29, 1.82) is 0 Å². The third-order valence-electron chi connectivity index (χ3n) is 3.46. The van der Waals surface area contributed by atoms with Crippen LogP contribution in [0.4, 0.5) is 0 Å². The van der Waals surface area contributed by atoms with Crippen LogP contribution in [0.3, 0.4) is 0 Å². The normalized spacial score (nSPS) is 11.9. The topological polar surface area (TPSA) is 76.0 Å². The molecule has 0 aliphatic rings. The highest BCUT2D eigenvalue weighted by Gasteiger charge is 2.31. The fourth-order valence-electron chi connectivity index (χ4n) is 2.72. The molecule has 130 valence electrons. The highest BCUT2D eigenvalue weighted by Crippen LogP contribution is 2.42. The SMILES string of the molecule is Cc1cc(C)c(C(C)(C)CC(=O)OCC(C)C)c(OP(O)O)c1. The highest BCUT2D eigenvalue weighted by molar-refractivity contribution is 7.39. The van der Waals surface area contributed by atoms with Crippen LogP contribution in [0, 0.1) is 19.8 Å². The van der Waals surface area contributed by atoms with E-state index in [2.05, 4.69) is 0 Å². The van der Waals surface area contributed by atoms with Gasteiger partial charge in [-0.3, -0.25) is 4.79 Å². The van der Waals surface area contributed by atoms with E-state index in [4.69, 9.17) is 9.26 Å². The lowest BCUT2D eigenvalue weighted by atomic mass is 9.78. The number of ether oxygens (including phenoxy) is 1. The minimum atomic E-state index is -2.52. The zero-order valence-corrected chi connectivity index (χ0v) is 15.6. The zero-order valence-electron chi connectivity index (χ0n) is 14.7. The quantitative estimate of drug-likeness (QED) is 0.583. The van der Waals surface area contributed by atoms with Gasteiger partial charge in [0.25, 0.3) is 0 Å². The van der Waals surface area contributed by atoms with Crippen LogP contribution in [0.1, 0.15) is 50.8 Å². The van der Waals surface area contributed by atoms with E-state index in [0.29, 0.717) is 12.4 Å². The van der Waals surface area contributed by atoms with E-state index in [1.54, 1.807) is 6.07 Å². The number of benzene rings is 1. The summed E-state index contributed by atoms with van der Waals surface area (Å²) in [6.07, 6.45) is 0.189. The van der Waals surface area contributed by atoms with Gasteiger partial charge in [-0.15, -0.1) is 0 Å². The maximum atomic E-state index is 12.1. The Morgan fingerprint density at radius 3 is 2.39 bits per heavy atom. The first-order valence-corrected chi connectivity index (χ1v) is 8.82. The van der Waals surface area contributed by atoms with Crippen molar-refractivity contribution in [1.82, 2.24) is 0 Å². The van der Waals surface area contributed by atoms with E-state index in [1.165, 1.54) is 0 Å². The van der Waals surface area contributed by atoms with Gasteiger partial charge in [0.2, 0.25) is 0 Å². The summed E-state index contributed by atoms with van der Waals surface area (Å²) in [5, 5.41) is 0. The summed E-state index contributed by atoms with van der Waals surface area (Å²) in [4.78, 5) is 30.5. The number of hydrogen-bond donors (Lipinski definition) is 2. The highest BCUT2D eigenvalue weighted by atomic mass is 31.2. The Hall–Kier alpha value is -1.16. The van der Waals surface area contributed by atoms with Gasteiger partial charge in [0.1, 0.15) is 5.75 Å². The van der Waals surface area contributed by atoms with Crippen molar-refractivity contribution in [3.8, 4) is 5.75 Å². The average Bonchev–Trinajstić information content (AvgIpc) is 2.33. The monoisotopic (exact) mass is 342 g/mol. The second-order valence-corrected chi connectivity index (χ2v) is 7.62. The third kappa shape index (κ3) is 6.09. The van der Waals surface area contributed by atoms with Gasteiger partial charge in [-0.05, 0) is 37.0 Å². The van der Waals surface area contributed by atoms with Crippen LogP contribution in [-0.4, -0.2) is 22.4 Å². The number of aryl methyl sites for hydroxylation is 2. The number of carbonyl (C=O) groups excluding carboxylic acids is 1. The average molecular weight is 342 g/mol. The smallest absolute Gasteiger partial charge is 0.391 e. The Labute approximate surface area is 139 Å². The van der Waals surface area contributed by atoms with Crippen molar-refractivity contribution in [3.05, 3.63) is 28.8 Å². The molecule has 0 unspecified atom stereocenters. The van der Waals surface area contributed by atoms with Gasteiger partial charge in [-0.25, -0.2) is 0 Å². The van der Waals surface area contributed by atoms with Gasteiger partial charge in [-0.1, -0.05) is 33.8 Å². The van der Waals surface area contributed by atoms with E-state index in [9.17, 15) is 14.6 Å². The summed E-state index contributed by atoms with van der Waals surface area (Å²) in [7, 11) is -2.52. The van der Waals surface area contributed by atoms with Crippen LogP contribution in [0.2, 0.25) is 0 Å². The summed E-state index contributed by atoms with van der Waals surface area (Å²) in [6.45, 7) is 12.0. The molecule has 23 heavy (non-hydrogen) atoms. The van der Waals surface area contributed by atoms with Crippen molar-refractivity contribution in [3.63, 3.8) is 0 Å². The van der Waals surface area contributed by atoms with Crippen LogP contribution >= 0.6 is 8.60 Å². The maximum Gasteiger partial charge on any atom is 0.391 e. The van der Waals surface area contributed by atoms with E-state index in [0.717, 1.165) is 16.7 Å². The number of esters is 1. The predicted octanol–water partition coefficient (Wildman–Crippen LogP) is 3.76. The molecule has 1 aromatic carbocycles. The Morgan fingerprint density at radius 2 is 1.87 bits per heavy atom. The fourth-order valence-corrected chi connectivity index (χ4v) is 3.04. The van der Waals surface area contributed by atoms with Crippen LogP contribution in [0.25, 0.3) is 0 Å². The molecule has 0 aliphatic carbocycles. The van der Waals surface area contributed by atoms with E-state index < -0.39 is 14.0 Å². The van der Waals surface area contributed by atoms with Crippen LogP contribution < -0.4 is 4.52 Å². The van der Waals surface area contributed by atoms with Gasteiger partial charge < -0.3 is 19.0 Å². The van der Waals surface area contributed by atoms with Gasteiger partial charge in [-0.2, -0.15) is 0 Å². The molecule has 0 fully saturated rings. The van der Waals surface area contributed by atoms with Crippen LogP contribution in [0.5, 0.6) is 5.75 Å². The van der Waals surface area contributed by atoms with Gasteiger partial charge >= 0.3 is 14.6 Å². The van der Waals surface area contributed by atoms with Gasteiger partial charge in [0.15, 0.2) is 0 Å². The van der Waals surface area contributed by atoms with Crippen molar-refractivity contribution in [2.24, 2.45) is 5.92 Å². The Kier molecular flexibility index (Phi) is 7.00. The minimum absolute atomic E-state index is 0.189. The summed E-state index contributed by atoms with van der Waals surface area (Å²) < 4.78 is 10.5. The van der Waals surface area contributed by atoms with Crippen LogP contribution in [0.15, 0.2) is 12.1 Å². The molecule has 0 aliphatic heterocycles. The van der Waals surface area contributed by atoms with E-state index in [-0.39, 0.29) is 18.3 Å². The molecule has 0 atom stereocenters. The summed E-state index contributed by atoms with van der Waals surface area (Å²) in [5.41, 5.74) is 2.14. The first-order chi connectivity index (χ1) is 10.5. The maximum absolute atomic E-state index is 12.1. The third-order valence-corrected chi connectivity index (χ3v) is 3.82. The minimum Gasteiger partial charge on any atom is -0.465 e. The van der Waals surface area contributed by atoms with Gasteiger partial charge in [0.05, 0.1) is 13.0 Å². The molecule has 0 aromatic heterocycles. The summed E-state index contributed by atoms with van der Waals surface area (Å²) in [6, 6.07) is 3.74. The Bertz CT molecular complexity index is 552. The molecule has 1 rings (SSSR count). The molecule has 0 radical (unpaired) electrons. The molecule has 0 bridgehead atoms. The molecular weight excluding hydrogens is 315 g/mol. The van der Waals surface area contributed by atoms with Crippen molar-refractivity contribution < 1.29 is 23.8 Å². The second kappa shape index (κ2) is 8.09. The molecule has 0 amide bonds. The van der Waals surface area contributed by atoms with E-state index >= 15 is 0 Å². The second-order valence-electron chi connectivity index (χ2n) is 6.94. The lowest BCUT2D eigenvalue weighted by Gasteiger charge is -2.29. The summed E-state index contributed by atoms with van der Waals surface area (Å²) in [5.74, 6) is 0.416. The predicted molar refractivity (Wildman–Crippen MR) is 91.3 cm³/mol. The largest absolute Gasteiger partial charge is 0.465 e. The fraction of sp³-hybridized carbons (Fsp3) is 0.588. The standard InChI is InChI=1S/C17H27O5P/c1-11(2)10-21-15(18)9-17(5,6)16-13(4)7-12(3)8-14(16)22-23(19)20/h7-8,11,19-20H,9-10H2,1-6H3. The molecule has 0 saturated carbocycles. The molecular formula is C17H27O5P. The Morgan fingerprint density at radius 1 is 1.26 bits per heavy atom. The molecule has 0 heterocycles. The molecule has 6 heteroatoms. The number of rotatable bonds is 7. The number of hydrogen-bond acceptors (Lipinski definition) is 5. The lowest BCUT2D eigenvalue weighted by molar-refractivity contribution is -0.146.